The normalized spacial score (nSPS) is 11.0. The largest absolute Gasteiger partial charge is 0.324 e. The maximum absolute atomic E-state index is 13.2. The first kappa shape index (κ1) is 19.5. The van der Waals surface area contributed by atoms with Gasteiger partial charge in [-0.05, 0) is 53.0 Å². The van der Waals surface area contributed by atoms with Crippen LogP contribution in [0.25, 0.3) is 21.3 Å². The van der Waals surface area contributed by atoms with E-state index in [4.69, 9.17) is 0 Å². The van der Waals surface area contributed by atoms with Gasteiger partial charge in [0.05, 0.1) is 17.4 Å². The fraction of sp³-hybridized carbons (Fsp3) is 0.136. The number of rotatable bonds is 4. The predicted octanol–water partition coefficient (Wildman–Crippen LogP) is 5.14. The van der Waals surface area contributed by atoms with Crippen LogP contribution in [0.2, 0.25) is 0 Å². The first-order valence-electron chi connectivity index (χ1n) is 9.02. The summed E-state index contributed by atoms with van der Waals surface area (Å²) in [5.41, 5.74) is 4.59. The van der Waals surface area contributed by atoms with Crippen LogP contribution in [0.5, 0.6) is 0 Å². The summed E-state index contributed by atoms with van der Waals surface area (Å²) < 4.78 is 2.14. The summed E-state index contributed by atoms with van der Waals surface area (Å²) in [4.78, 5) is 30.7. The summed E-state index contributed by atoms with van der Waals surface area (Å²) in [7, 11) is 0. The summed E-state index contributed by atoms with van der Waals surface area (Å²) in [6.45, 7) is 3.97. The summed E-state index contributed by atoms with van der Waals surface area (Å²) in [5.74, 6) is -0.288. The molecular weight excluding hydrogens is 450 g/mol. The number of carbonyl (C=O) groups is 1. The average molecular weight is 468 g/mol. The molecule has 2 heterocycles. The molecule has 0 saturated carbocycles. The number of anilines is 1. The van der Waals surface area contributed by atoms with E-state index < -0.39 is 0 Å². The van der Waals surface area contributed by atoms with Gasteiger partial charge in [0.25, 0.3) is 5.56 Å². The third-order valence-electron chi connectivity index (χ3n) is 4.69. The predicted molar refractivity (Wildman–Crippen MR) is 122 cm³/mol. The Morgan fingerprint density at radius 2 is 1.97 bits per heavy atom. The molecule has 0 atom stereocenters. The van der Waals surface area contributed by atoms with Crippen LogP contribution in [0, 0.1) is 13.8 Å². The number of halogens is 1. The van der Waals surface area contributed by atoms with Crippen LogP contribution in [0.1, 0.15) is 11.1 Å². The topological polar surface area (TPSA) is 64.0 Å². The number of thiophene rings is 1. The Morgan fingerprint density at radius 1 is 1.17 bits per heavy atom. The van der Waals surface area contributed by atoms with Crippen LogP contribution in [0.3, 0.4) is 0 Å². The molecule has 146 valence electrons. The third-order valence-corrected chi connectivity index (χ3v) is 6.27. The van der Waals surface area contributed by atoms with Gasteiger partial charge in [-0.25, -0.2) is 4.98 Å². The maximum Gasteiger partial charge on any atom is 0.263 e. The Balaban J connectivity index is 1.70. The number of aryl methyl sites for hydroxylation is 2. The summed E-state index contributed by atoms with van der Waals surface area (Å²) in [5, 5.41) is 5.33. The van der Waals surface area contributed by atoms with Gasteiger partial charge in [0.15, 0.2) is 0 Å². The lowest BCUT2D eigenvalue weighted by molar-refractivity contribution is -0.116. The second-order valence-electron chi connectivity index (χ2n) is 6.85. The Morgan fingerprint density at radius 3 is 2.72 bits per heavy atom. The van der Waals surface area contributed by atoms with E-state index in [1.807, 2.05) is 49.6 Å². The van der Waals surface area contributed by atoms with Crippen molar-refractivity contribution in [3.63, 3.8) is 0 Å². The second-order valence-corrected chi connectivity index (χ2v) is 8.57. The Kier molecular flexibility index (Phi) is 5.34. The zero-order valence-electron chi connectivity index (χ0n) is 15.9. The van der Waals surface area contributed by atoms with E-state index >= 15 is 0 Å². The molecule has 0 unspecified atom stereocenters. The fourth-order valence-electron chi connectivity index (χ4n) is 3.30. The van der Waals surface area contributed by atoms with Gasteiger partial charge in [-0.1, -0.05) is 35.9 Å². The van der Waals surface area contributed by atoms with E-state index in [0.29, 0.717) is 15.9 Å². The number of aromatic nitrogens is 2. The van der Waals surface area contributed by atoms with Gasteiger partial charge < -0.3 is 5.32 Å². The molecule has 4 rings (SSSR count). The molecule has 4 aromatic rings. The van der Waals surface area contributed by atoms with E-state index in [2.05, 4.69) is 32.3 Å². The first-order valence-corrected chi connectivity index (χ1v) is 10.7. The number of benzene rings is 2. The monoisotopic (exact) mass is 467 g/mol. The van der Waals surface area contributed by atoms with Gasteiger partial charge in [0, 0.05) is 15.4 Å². The molecule has 0 saturated heterocycles. The van der Waals surface area contributed by atoms with Crippen molar-refractivity contribution < 1.29 is 4.79 Å². The van der Waals surface area contributed by atoms with Crippen molar-refractivity contribution in [1.29, 1.82) is 0 Å². The van der Waals surface area contributed by atoms with Gasteiger partial charge in [0.2, 0.25) is 5.91 Å². The number of carbonyl (C=O) groups excluding carboxylic acids is 1. The summed E-state index contributed by atoms with van der Waals surface area (Å²) in [6.07, 6.45) is 1.44. The molecule has 29 heavy (non-hydrogen) atoms. The number of fused-ring (bicyclic) bond motifs is 1. The van der Waals surface area contributed by atoms with Gasteiger partial charge >= 0.3 is 0 Å². The van der Waals surface area contributed by atoms with E-state index in [1.165, 1.54) is 27.8 Å². The van der Waals surface area contributed by atoms with Crippen molar-refractivity contribution in [2.45, 2.75) is 20.4 Å². The van der Waals surface area contributed by atoms with E-state index in [-0.39, 0.29) is 18.0 Å². The zero-order chi connectivity index (χ0) is 20.5. The number of nitrogens with zero attached hydrogens (tertiary/aromatic N) is 2. The number of para-hydroxylation sites is 1. The molecule has 0 aliphatic heterocycles. The molecule has 1 amide bonds. The Bertz CT molecular complexity index is 1290. The van der Waals surface area contributed by atoms with Gasteiger partial charge in [-0.3, -0.25) is 14.2 Å². The van der Waals surface area contributed by atoms with Crippen LogP contribution < -0.4 is 10.9 Å². The van der Waals surface area contributed by atoms with Crippen LogP contribution in [-0.2, 0) is 11.3 Å². The first-order chi connectivity index (χ1) is 13.9. The lowest BCUT2D eigenvalue weighted by Gasteiger charge is -2.09. The summed E-state index contributed by atoms with van der Waals surface area (Å²) in [6, 6.07) is 13.5. The SMILES string of the molecule is Cc1ccc(-c2csc3ncn(CC(=O)Nc4ccccc4Br)c(=O)c23)c(C)c1. The quantitative estimate of drug-likeness (QED) is 0.451. The van der Waals surface area contributed by atoms with Crippen molar-refractivity contribution in [3.05, 3.63) is 80.1 Å². The Hall–Kier alpha value is -2.77. The van der Waals surface area contributed by atoms with E-state index in [9.17, 15) is 9.59 Å². The van der Waals surface area contributed by atoms with Gasteiger partial charge in [-0.2, -0.15) is 0 Å². The van der Waals surface area contributed by atoms with Crippen molar-refractivity contribution in [3.8, 4) is 11.1 Å². The van der Waals surface area contributed by atoms with Crippen molar-refractivity contribution in [2.24, 2.45) is 0 Å². The summed E-state index contributed by atoms with van der Waals surface area (Å²) >= 11 is 4.84. The van der Waals surface area contributed by atoms with E-state index in [0.717, 1.165) is 21.2 Å². The standard InChI is InChI=1S/C22H18BrN3O2S/c1-13-7-8-15(14(2)9-13)16-11-29-21-20(16)22(28)26(12-24-21)10-19(27)25-18-6-4-3-5-17(18)23/h3-9,11-12H,10H2,1-2H3,(H,25,27). The van der Waals surface area contributed by atoms with Crippen molar-refractivity contribution in [1.82, 2.24) is 9.55 Å². The molecule has 0 spiro atoms. The fourth-order valence-corrected chi connectivity index (χ4v) is 4.58. The van der Waals surface area contributed by atoms with Crippen LogP contribution in [0.15, 0.2) is 63.4 Å². The smallest absolute Gasteiger partial charge is 0.263 e. The number of hydrogen-bond donors (Lipinski definition) is 1. The number of amides is 1. The number of hydrogen-bond acceptors (Lipinski definition) is 4. The lowest BCUT2D eigenvalue weighted by atomic mass is 9.99. The van der Waals surface area contributed by atoms with Crippen LogP contribution in [-0.4, -0.2) is 15.5 Å². The highest BCUT2D eigenvalue weighted by atomic mass is 79.9. The molecule has 0 aliphatic carbocycles. The highest BCUT2D eigenvalue weighted by molar-refractivity contribution is 9.10. The molecule has 0 bridgehead atoms. The second kappa shape index (κ2) is 7.93. The van der Waals surface area contributed by atoms with Gasteiger partial charge in [0.1, 0.15) is 11.4 Å². The third kappa shape index (κ3) is 3.88. The minimum atomic E-state index is -0.288. The molecule has 0 fully saturated rings. The van der Waals surface area contributed by atoms with E-state index in [1.54, 1.807) is 6.07 Å². The molecule has 0 radical (unpaired) electrons. The zero-order valence-corrected chi connectivity index (χ0v) is 18.3. The van der Waals surface area contributed by atoms with Gasteiger partial charge in [-0.15, -0.1) is 11.3 Å². The number of nitrogens with one attached hydrogen (secondary N) is 1. The molecule has 2 aromatic carbocycles. The Labute approximate surface area is 180 Å². The lowest BCUT2D eigenvalue weighted by Crippen LogP contribution is -2.27. The van der Waals surface area contributed by atoms with Crippen molar-refractivity contribution >= 4 is 49.1 Å². The molecule has 5 nitrogen and oxygen atoms in total. The molecule has 1 N–H and O–H groups in total. The van der Waals surface area contributed by atoms with Crippen molar-refractivity contribution in [2.75, 3.05) is 5.32 Å². The molecule has 0 aliphatic rings. The maximum atomic E-state index is 13.2. The highest BCUT2D eigenvalue weighted by Gasteiger charge is 2.16. The average Bonchev–Trinajstić information content (AvgIpc) is 3.10. The molecule has 2 aromatic heterocycles. The molecular formula is C22H18BrN3O2S. The van der Waals surface area contributed by atoms with Crippen LogP contribution >= 0.6 is 27.3 Å². The minimum Gasteiger partial charge on any atom is -0.324 e. The van der Waals surface area contributed by atoms with Crippen LogP contribution in [0.4, 0.5) is 5.69 Å². The highest BCUT2D eigenvalue weighted by Crippen LogP contribution is 2.33. The molecule has 7 heteroatoms. The minimum absolute atomic E-state index is 0.106.